The topological polar surface area (TPSA) is 207 Å². The number of amides is 4. The highest BCUT2D eigenvalue weighted by Gasteiger charge is 2.45. The molecule has 3 aliphatic heterocycles. The van der Waals surface area contributed by atoms with Crippen LogP contribution in [0.25, 0.3) is 0 Å². The molecule has 1 fully saturated rings. The van der Waals surface area contributed by atoms with Crippen molar-refractivity contribution in [3.05, 3.63) is 46.7 Å². The molecule has 0 aliphatic carbocycles. The van der Waals surface area contributed by atoms with Gasteiger partial charge in [-0.15, -0.1) is 22.0 Å². The first kappa shape index (κ1) is 32.0. The summed E-state index contributed by atoms with van der Waals surface area (Å²) in [6.07, 6.45) is -1.11. The molecule has 0 spiro atoms. The van der Waals surface area contributed by atoms with Crippen molar-refractivity contribution in [1.82, 2.24) is 25.3 Å². The fraction of sp³-hybridized carbons (Fsp3) is 0.385. The Bertz CT molecular complexity index is 1530. The third-order valence-corrected chi connectivity index (χ3v) is 11.5. The fourth-order valence-corrected chi connectivity index (χ4v) is 9.12. The van der Waals surface area contributed by atoms with Crippen LogP contribution in [0.2, 0.25) is 0 Å². The van der Waals surface area contributed by atoms with Crippen molar-refractivity contribution in [3.63, 3.8) is 0 Å². The molecule has 4 amide bonds. The maximum absolute atomic E-state index is 12.6. The van der Waals surface area contributed by atoms with Crippen LogP contribution in [0.15, 0.2) is 44.2 Å². The number of aliphatic hydroxyl groups excluding tert-OH is 1. The maximum Gasteiger partial charge on any atom is 0.352 e. The number of carbonyl (C=O) groups is 6. The van der Waals surface area contributed by atoms with Crippen molar-refractivity contribution < 1.29 is 44.1 Å². The van der Waals surface area contributed by atoms with E-state index in [-0.39, 0.29) is 53.1 Å². The molecule has 2 aromatic rings. The SMILES string of the molecule is O=C(CCC[C@H](C(=O)O)N1C(=O)c2ccccc2C1=O)NC(O)CSc1nnc(SCC2=C(C(=O)O)N3C(=O)C[C@H]3SC2)s1. The minimum Gasteiger partial charge on any atom is -0.480 e. The predicted octanol–water partition coefficient (Wildman–Crippen LogP) is 1.72. The van der Waals surface area contributed by atoms with E-state index in [0.717, 1.165) is 11.8 Å². The maximum atomic E-state index is 12.6. The predicted molar refractivity (Wildman–Crippen MR) is 160 cm³/mol. The quantitative estimate of drug-likeness (QED) is 0.0971. The van der Waals surface area contributed by atoms with E-state index in [1.54, 1.807) is 12.1 Å². The molecular weight excluding hydrogens is 655 g/mol. The van der Waals surface area contributed by atoms with Gasteiger partial charge >= 0.3 is 11.9 Å². The van der Waals surface area contributed by atoms with Gasteiger partial charge in [0.15, 0.2) is 8.68 Å². The number of aliphatic hydroxyl groups is 1. The van der Waals surface area contributed by atoms with Crippen LogP contribution >= 0.6 is 46.6 Å². The molecule has 1 saturated heterocycles. The van der Waals surface area contributed by atoms with E-state index >= 15 is 0 Å². The van der Waals surface area contributed by atoms with Gasteiger partial charge in [-0.2, -0.15) is 0 Å². The number of benzene rings is 1. The highest BCUT2D eigenvalue weighted by atomic mass is 32.2. The summed E-state index contributed by atoms with van der Waals surface area (Å²) in [5.74, 6) is -3.71. The van der Waals surface area contributed by atoms with E-state index in [9.17, 15) is 44.1 Å². The van der Waals surface area contributed by atoms with Gasteiger partial charge in [-0.1, -0.05) is 47.0 Å². The number of nitrogens with one attached hydrogen (secondary N) is 1. The Morgan fingerprint density at radius 2 is 1.70 bits per heavy atom. The number of hydrogen-bond donors (Lipinski definition) is 4. The minimum atomic E-state index is -1.43. The number of rotatable bonds is 14. The van der Waals surface area contributed by atoms with E-state index in [4.69, 9.17) is 0 Å². The Hall–Kier alpha value is -3.45. The standard InChI is InChI=1S/C26H25N5O9S4/c32-16(7-3-6-15(23(37)38)30-21(35)13-4-1-2-5-14(13)22(30)36)27-17(33)11-43-26-29-28-25(44-26)42-10-12-9-41-19-8-18(34)31(19)20(12)24(39)40/h1-2,4-5,15,17,19,33H,3,6-11H2,(H,27,32)(H,37,38)(H,39,40)/t15-,17?,19-/m1/s1. The second-order valence-corrected chi connectivity index (χ2v) is 14.4. The van der Waals surface area contributed by atoms with Crippen molar-refractivity contribution in [3.8, 4) is 0 Å². The van der Waals surface area contributed by atoms with E-state index in [1.165, 1.54) is 51.9 Å². The lowest BCUT2D eigenvalue weighted by molar-refractivity contribution is -0.146. The third kappa shape index (κ3) is 6.78. The molecule has 232 valence electrons. The molecule has 44 heavy (non-hydrogen) atoms. The van der Waals surface area contributed by atoms with Crippen molar-refractivity contribution in [2.24, 2.45) is 0 Å². The Morgan fingerprint density at radius 1 is 1.05 bits per heavy atom. The highest BCUT2D eigenvalue weighted by molar-refractivity contribution is 8.03. The zero-order valence-corrected chi connectivity index (χ0v) is 26.0. The molecule has 3 aliphatic rings. The van der Waals surface area contributed by atoms with Crippen LogP contribution in [-0.2, 0) is 19.2 Å². The second kappa shape index (κ2) is 13.7. The zero-order valence-electron chi connectivity index (χ0n) is 22.7. The van der Waals surface area contributed by atoms with Crippen LogP contribution in [-0.4, -0.2) is 106 Å². The van der Waals surface area contributed by atoms with Crippen molar-refractivity contribution in [2.45, 2.75) is 52.0 Å². The summed E-state index contributed by atoms with van der Waals surface area (Å²) in [6, 6.07) is 4.65. The second-order valence-electron chi connectivity index (χ2n) is 9.78. The van der Waals surface area contributed by atoms with Gasteiger partial charge in [0.05, 0.1) is 22.9 Å². The molecule has 3 atom stereocenters. The van der Waals surface area contributed by atoms with Gasteiger partial charge < -0.3 is 20.6 Å². The number of aromatic nitrogens is 2. The summed E-state index contributed by atoms with van der Waals surface area (Å²) in [6.45, 7) is 0. The van der Waals surface area contributed by atoms with Crippen LogP contribution in [0.5, 0.6) is 0 Å². The van der Waals surface area contributed by atoms with Crippen LogP contribution in [0.3, 0.4) is 0 Å². The molecule has 0 bridgehead atoms. The van der Waals surface area contributed by atoms with E-state index in [1.807, 2.05) is 0 Å². The van der Waals surface area contributed by atoms with Gasteiger partial charge in [-0.3, -0.25) is 29.0 Å². The molecule has 4 N–H and O–H groups in total. The van der Waals surface area contributed by atoms with Crippen LogP contribution in [0, 0.1) is 0 Å². The number of fused-ring (bicyclic) bond motifs is 2. The Morgan fingerprint density at radius 3 is 2.32 bits per heavy atom. The van der Waals surface area contributed by atoms with E-state index in [2.05, 4.69) is 15.5 Å². The Balaban J connectivity index is 1.05. The number of hydrogen-bond acceptors (Lipinski definition) is 13. The average molecular weight is 680 g/mol. The summed E-state index contributed by atoms with van der Waals surface area (Å²) < 4.78 is 1.10. The smallest absolute Gasteiger partial charge is 0.352 e. The summed E-state index contributed by atoms with van der Waals surface area (Å²) in [5, 5.41) is 40.0. The van der Waals surface area contributed by atoms with Gasteiger partial charge in [0.25, 0.3) is 11.8 Å². The summed E-state index contributed by atoms with van der Waals surface area (Å²) in [7, 11) is 0. The number of thioether (sulfide) groups is 3. The molecular formula is C26H25N5O9S4. The molecule has 1 aromatic heterocycles. The number of β-lactam (4-membered cyclic amide) rings is 1. The molecule has 14 nitrogen and oxygen atoms in total. The van der Waals surface area contributed by atoms with Crippen LogP contribution in [0.4, 0.5) is 0 Å². The number of carboxylic acids is 2. The van der Waals surface area contributed by atoms with Gasteiger partial charge in [-0.25, -0.2) is 9.59 Å². The molecule has 0 saturated carbocycles. The molecule has 1 unspecified atom stereocenters. The normalized spacial score (nSPS) is 18.9. The Kier molecular flexibility index (Phi) is 9.94. The monoisotopic (exact) mass is 679 g/mol. The first-order valence-electron chi connectivity index (χ1n) is 13.2. The number of nitrogens with zero attached hydrogens (tertiary/aromatic N) is 4. The molecule has 18 heteroatoms. The summed E-state index contributed by atoms with van der Waals surface area (Å²) in [5.41, 5.74) is 0.952. The summed E-state index contributed by atoms with van der Waals surface area (Å²) >= 11 is 5.23. The molecule has 4 heterocycles. The fourth-order valence-electron chi connectivity index (χ4n) is 4.81. The molecule has 1 aromatic carbocycles. The third-order valence-electron chi connectivity index (χ3n) is 6.89. The molecule has 5 rings (SSSR count). The van der Waals surface area contributed by atoms with Crippen molar-refractivity contribution >= 4 is 82.2 Å². The van der Waals surface area contributed by atoms with E-state index < -0.39 is 41.9 Å². The zero-order chi connectivity index (χ0) is 31.5. The first-order chi connectivity index (χ1) is 21.0. The Labute approximate surface area is 266 Å². The number of carbonyl (C=O) groups excluding carboxylic acids is 4. The van der Waals surface area contributed by atoms with Gasteiger partial charge in [-0.05, 0) is 30.5 Å². The largest absolute Gasteiger partial charge is 0.480 e. The van der Waals surface area contributed by atoms with Crippen molar-refractivity contribution in [1.29, 1.82) is 0 Å². The minimum absolute atomic E-state index is 0.0394. The van der Waals surface area contributed by atoms with Gasteiger partial charge in [0.2, 0.25) is 11.8 Å². The van der Waals surface area contributed by atoms with Crippen LogP contribution < -0.4 is 5.32 Å². The summed E-state index contributed by atoms with van der Waals surface area (Å²) in [4.78, 5) is 75.2. The average Bonchev–Trinajstić information content (AvgIpc) is 3.54. The molecule has 0 radical (unpaired) electrons. The lowest BCUT2D eigenvalue weighted by Gasteiger charge is -2.43. The van der Waals surface area contributed by atoms with Gasteiger partial charge in [0.1, 0.15) is 18.0 Å². The highest BCUT2D eigenvalue weighted by Crippen LogP contribution is 2.41. The van der Waals surface area contributed by atoms with E-state index in [0.29, 0.717) is 37.1 Å². The lowest BCUT2D eigenvalue weighted by Crippen LogP contribution is -2.54. The lowest BCUT2D eigenvalue weighted by atomic mass is 10.1. The van der Waals surface area contributed by atoms with Gasteiger partial charge in [0, 0.05) is 23.7 Å². The number of aliphatic carboxylic acids is 2. The van der Waals surface area contributed by atoms with Crippen LogP contribution in [0.1, 0.15) is 46.4 Å². The number of carboxylic acid groups (broad SMARTS) is 2. The first-order valence-corrected chi connectivity index (χ1v) is 17.0. The van der Waals surface area contributed by atoms with Crippen molar-refractivity contribution in [2.75, 3.05) is 17.3 Å². The number of imide groups is 1.